The van der Waals surface area contributed by atoms with Gasteiger partial charge in [-0.25, -0.2) is 4.98 Å². The summed E-state index contributed by atoms with van der Waals surface area (Å²) in [5.41, 5.74) is 11.0. The summed E-state index contributed by atoms with van der Waals surface area (Å²) in [6.45, 7) is 4.16. The molecule has 0 unspecified atom stereocenters. The molecule has 0 saturated heterocycles. The van der Waals surface area contributed by atoms with Crippen LogP contribution in [-0.2, 0) is 6.42 Å². The number of hydrogen-bond donors (Lipinski definition) is 1. The topological polar surface area (TPSA) is 43.3 Å². The molecule has 2 heterocycles. The highest BCUT2D eigenvalue weighted by molar-refractivity contribution is 5.45. The van der Waals surface area contributed by atoms with Crippen molar-refractivity contribution in [1.29, 1.82) is 0 Å². The molecule has 1 fully saturated rings. The van der Waals surface area contributed by atoms with Crippen molar-refractivity contribution < 1.29 is 0 Å². The Hall–Kier alpha value is -1.35. The van der Waals surface area contributed by atoms with Crippen molar-refractivity contribution in [1.82, 2.24) is 9.38 Å². The summed E-state index contributed by atoms with van der Waals surface area (Å²) in [7, 11) is 0. The molecule has 1 saturated carbocycles. The molecule has 0 spiro atoms. The third-order valence-corrected chi connectivity index (χ3v) is 3.97. The third-order valence-electron chi connectivity index (χ3n) is 3.97. The maximum atomic E-state index is 6.11. The molecule has 0 radical (unpaired) electrons. The molecule has 0 bridgehead atoms. The van der Waals surface area contributed by atoms with Crippen molar-refractivity contribution in [3.05, 3.63) is 35.3 Å². The van der Waals surface area contributed by atoms with Gasteiger partial charge >= 0.3 is 0 Å². The molecular weight excluding hydrogens is 210 g/mol. The smallest absolute Gasteiger partial charge is 0.137 e. The van der Waals surface area contributed by atoms with Gasteiger partial charge in [0.15, 0.2) is 0 Å². The van der Waals surface area contributed by atoms with Crippen LogP contribution in [-0.4, -0.2) is 14.9 Å². The summed E-state index contributed by atoms with van der Waals surface area (Å²) in [6.07, 6.45) is 6.67. The average Bonchev–Trinajstić information content (AvgIpc) is 2.98. The SMILES string of the molecule is Cc1nc2cc(CCC3(N)CC3)ccn2c1C. The maximum absolute atomic E-state index is 6.11. The minimum Gasteiger partial charge on any atom is -0.325 e. The van der Waals surface area contributed by atoms with Crippen molar-refractivity contribution in [3.8, 4) is 0 Å². The van der Waals surface area contributed by atoms with E-state index in [1.54, 1.807) is 0 Å². The van der Waals surface area contributed by atoms with E-state index in [1.807, 2.05) is 0 Å². The molecular formula is C14H19N3. The van der Waals surface area contributed by atoms with E-state index in [0.717, 1.165) is 24.2 Å². The number of imidazole rings is 1. The highest BCUT2D eigenvalue weighted by Crippen LogP contribution is 2.36. The summed E-state index contributed by atoms with van der Waals surface area (Å²) >= 11 is 0. The number of nitrogens with zero attached hydrogens (tertiary/aromatic N) is 2. The van der Waals surface area contributed by atoms with E-state index in [2.05, 4.69) is 41.6 Å². The molecule has 0 aliphatic heterocycles. The van der Waals surface area contributed by atoms with Crippen LogP contribution in [0.25, 0.3) is 5.65 Å². The van der Waals surface area contributed by atoms with Crippen LogP contribution in [0.5, 0.6) is 0 Å². The molecule has 2 aromatic rings. The van der Waals surface area contributed by atoms with Crippen LogP contribution in [0.1, 0.15) is 36.2 Å². The lowest BCUT2D eigenvalue weighted by Gasteiger charge is -2.08. The second-order valence-electron chi connectivity index (χ2n) is 5.41. The first-order valence-corrected chi connectivity index (χ1v) is 6.30. The normalized spacial score (nSPS) is 17.6. The number of hydrogen-bond acceptors (Lipinski definition) is 2. The molecule has 90 valence electrons. The van der Waals surface area contributed by atoms with E-state index in [-0.39, 0.29) is 5.54 Å². The summed E-state index contributed by atoms with van der Waals surface area (Å²) in [5, 5.41) is 0. The standard InChI is InChI=1S/C14H19N3/c1-10-11(2)17-8-4-12(9-13(17)16-10)3-5-14(15)6-7-14/h4,8-9H,3,5-7,15H2,1-2H3. The van der Waals surface area contributed by atoms with Gasteiger partial charge < -0.3 is 10.1 Å². The second-order valence-corrected chi connectivity index (χ2v) is 5.41. The van der Waals surface area contributed by atoms with Gasteiger partial charge in [-0.05, 0) is 57.2 Å². The van der Waals surface area contributed by atoms with Crippen LogP contribution in [0.2, 0.25) is 0 Å². The molecule has 1 aliphatic rings. The molecule has 3 rings (SSSR count). The predicted molar refractivity (Wildman–Crippen MR) is 69.1 cm³/mol. The first-order valence-electron chi connectivity index (χ1n) is 6.30. The van der Waals surface area contributed by atoms with Crippen LogP contribution in [0.15, 0.2) is 18.3 Å². The number of rotatable bonds is 3. The Morgan fingerprint density at radius 2 is 2.18 bits per heavy atom. The van der Waals surface area contributed by atoms with Gasteiger partial charge in [-0.1, -0.05) is 0 Å². The molecule has 2 aromatic heterocycles. The van der Waals surface area contributed by atoms with E-state index < -0.39 is 0 Å². The van der Waals surface area contributed by atoms with Crippen LogP contribution in [0, 0.1) is 13.8 Å². The van der Waals surface area contributed by atoms with Gasteiger partial charge in [-0.15, -0.1) is 0 Å². The number of fused-ring (bicyclic) bond motifs is 1. The van der Waals surface area contributed by atoms with E-state index in [1.165, 1.54) is 24.1 Å². The molecule has 17 heavy (non-hydrogen) atoms. The molecule has 3 nitrogen and oxygen atoms in total. The molecule has 0 aromatic carbocycles. The quantitative estimate of drug-likeness (QED) is 0.878. The van der Waals surface area contributed by atoms with Crippen molar-refractivity contribution in [2.75, 3.05) is 0 Å². The van der Waals surface area contributed by atoms with Crippen molar-refractivity contribution in [2.45, 2.75) is 45.1 Å². The van der Waals surface area contributed by atoms with Gasteiger partial charge in [0.25, 0.3) is 0 Å². The van der Waals surface area contributed by atoms with Crippen LogP contribution in [0.3, 0.4) is 0 Å². The van der Waals surface area contributed by atoms with E-state index >= 15 is 0 Å². The molecule has 0 amide bonds. The molecule has 3 heteroatoms. The Kier molecular flexibility index (Phi) is 2.26. The minimum atomic E-state index is 0.146. The fraction of sp³-hybridized carbons (Fsp3) is 0.500. The molecule has 2 N–H and O–H groups in total. The Labute approximate surface area is 102 Å². The van der Waals surface area contributed by atoms with E-state index in [0.29, 0.717) is 0 Å². The lowest BCUT2D eigenvalue weighted by Crippen LogP contribution is -2.22. The van der Waals surface area contributed by atoms with Gasteiger partial charge in [-0.3, -0.25) is 0 Å². The maximum Gasteiger partial charge on any atom is 0.137 e. The van der Waals surface area contributed by atoms with Gasteiger partial charge in [0.2, 0.25) is 0 Å². The Morgan fingerprint density at radius 1 is 1.41 bits per heavy atom. The van der Waals surface area contributed by atoms with Crippen LogP contribution >= 0.6 is 0 Å². The minimum absolute atomic E-state index is 0.146. The van der Waals surface area contributed by atoms with E-state index in [4.69, 9.17) is 5.73 Å². The molecule has 0 atom stereocenters. The lowest BCUT2D eigenvalue weighted by molar-refractivity contribution is 0.609. The zero-order valence-corrected chi connectivity index (χ0v) is 10.5. The summed E-state index contributed by atoms with van der Waals surface area (Å²) in [5.74, 6) is 0. The lowest BCUT2D eigenvalue weighted by atomic mass is 10.1. The summed E-state index contributed by atoms with van der Waals surface area (Å²) in [4.78, 5) is 4.57. The van der Waals surface area contributed by atoms with Gasteiger partial charge in [0, 0.05) is 17.4 Å². The molecule has 1 aliphatic carbocycles. The van der Waals surface area contributed by atoms with Gasteiger partial charge in [-0.2, -0.15) is 0 Å². The first-order chi connectivity index (χ1) is 8.07. The highest BCUT2D eigenvalue weighted by Gasteiger charge is 2.37. The average molecular weight is 229 g/mol. The highest BCUT2D eigenvalue weighted by atomic mass is 15.0. The Balaban J connectivity index is 1.86. The largest absolute Gasteiger partial charge is 0.325 e. The Bertz CT molecular complexity index is 564. The Morgan fingerprint density at radius 3 is 2.88 bits per heavy atom. The summed E-state index contributed by atoms with van der Waals surface area (Å²) in [6, 6.07) is 4.37. The number of nitrogens with two attached hydrogens (primary N) is 1. The van der Waals surface area contributed by atoms with Gasteiger partial charge in [0.05, 0.1) is 5.69 Å². The first kappa shape index (κ1) is 10.8. The predicted octanol–water partition coefficient (Wildman–Crippen LogP) is 2.38. The van der Waals surface area contributed by atoms with E-state index in [9.17, 15) is 0 Å². The number of aromatic nitrogens is 2. The fourth-order valence-corrected chi connectivity index (χ4v) is 2.29. The zero-order valence-electron chi connectivity index (χ0n) is 10.5. The summed E-state index contributed by atoms with van der Waals surface area (Å²) < 4.78 is 2.15. The van der Waals surface area contributed by atoms with Crippen LogP contribution in [0.4, 0.5) is 0 Å². The van der Waals surface area contributed by atoms with Crippen LogP contribution < -0.4 is 5.73 Å². The zero-order chi connectivity index (χ0) is 12.0. The van der Waals surface area contributed by atoms with Crippen molar-refractivity contribution in [2.24, 2.45) is 5.73 Å². The van der Waals surface area contributed by atoms with Crippen molar-refractivity contribution >= 4 is 5.65 Å². The van der Waals surface area contributed by atoms with Gasteiger partial charge in [0.1, 0.15) is 5.65 Å². The third kappa shape index (κ3) is 1.95. The fourth-order valence-electron chi connectivity index (χ4n) is 2.29. The monoisotopic (exact) mass is 229 g/mol. The second kappa shape index (κ2) is 3.57. The number of pyridine rings is 1. The number of aryl methyl sites for hydroxylation is 3. The van der Waals surface area contributed by atoms with Crippen molar-refractivity contribution in [3.63, 3.8) is 0 Å².